The second kappa shape index (κ2) is 4.53. The first kappa shape index (κ1) is 12.5. The molecule has 1 aromatic heterocycles. The minimum Gasteiger partial charge on any atom is -0.478 e. The van der Waals surface area contributed by atoms with Crippen molar-refractivity contribution in [1.82, 2.24) is 4.98 Å². The highest BCUT2D eigenvalue weighted by molar-refractivity contribution is 6.01. The van der Waals surface area contributed by atoms with Crippen LogP contribution in [0.2, 0.25) is 0 Å². The van der Waals surface area contributed by atoms with E-state index < -0.39 is 5.97 Å². The Morgan fingerprint density at radius 1 is 1.10 bits per heavy atom. The van der Waals surface area contributed by atoms with Gasteiger partial charge in [0.2, 0.25) is 0 Å². The molecule has 3 heteroatoms. The molecule has 0 aliphatic rings. The highest BCUT2D eigenvalue weighted by Crippen LogP contribution is 2.32. The van der Waals surface area contributed by atoms with Crippen LogP contribution < -0.4 is 0 Å². The SMILES string of the molecule is Cc1cccc(-c2c[nH]c3ccc(C(=O)O)cc23)c1C. The van der Waals surface area contributed by atoms with Gasteiger partial charge >= 0.3 is 5.97 Å². The lowest BCUT2D eigenvalue weighted by atomic mass is 9.96. The number of rotatable bonds is 2. The van der Waals surface area contributed by atoms with Crippen molar-refractivity contribution < 1.29 is 9.90 Å². The number of hydrogen-bond acceptors (Lipinski definition) is 1. The molecule has 0 bridgehead atoms. The molecule has 3 aromatic rings. The number of nitrogens with one attached hydrogen (secondary N) is 1. The number of aryl methyl sites for hydroxylation is 1. The standard InChI is InChI=1S/C17H15NO2/c1-10-4-3-5-13(11(10)2)15-9-18-16-7-6-12(17(19)20)8-14(15)16/h3-9,18H,1-2H3,(H,19,20). The molecule has 0 radical (unpaired) electrons. The van der Waals surface area contributed by atoms with E-state index >= 15 is 0 Å². The van der Waals surface area contributed by atoms with Crippen LogP contribution in [0, 0.1) is 13.8 Å². The minimum absolute atomic E-state index is 0.309. The molecule has 0 fully saturated rings. The molecule has 0 aliphatic heterocycles. The molecule has 0 amide bonds. The number of benzene rings is 2. The first-order valence-corrected chi connectivity index (χ1v) is 6.49. The third kappa shape index (κ3) is 1.88. The summed E-state index contributed by atoms with van der Waals surface area (Å²) >= 11 is 0. The van der Waals surface area contributed by atoms with E-state index in [-0.39, 0.29) is 0 Å². The molecule has 3 rings (SSSR count). The number of carboxylic acid groups (broad SMARTS) is 1. The van der Waals surface area contributed by atoms with Crippen molar-refractivity contribution in [1.29, 1.82) is 0 Å². The molecule has 0 saturated heterocycles. The van der Waals surface area contributed by atoms with Crippen LogP contribution in [0.25, 0.3) is 22.0 Å². The summed E-state index contributed by atoms with van der Waals surface area (Å²) in [6.07, 6.45) is 1.94. The fourth-order valence-corrected chi connectivity index (χ4v) is 2.52. The first-order chi connectivity index (χ1) is 9.58. The number of fused-ring (bicyclic) bond motifs is 1. The molecule has 3 nitrogen and oxygen atoms in total. The lowest BCUT2D eigenvalue weighted by molar-refractivity contribution is 0.0697. The Morgan fingerprint density at radius 3 is 2.65 bits per heavy atom. The van der Waals surface area contributed by atoms with Crippen molar-refractivity contribution >= 4 is 16.9 Å². The van der Waals surface area contributed by atoms with E-state index in [2.05, 4.69) is 31.0 Å². The lowest BCUT2D eigenvalue weighted by Crippen LogP contribution is -1.95. The van der Waals surface area contributed by atoms with Gasteiger partial charge in [0, 0.05) is 22.7 Å². The van der Waals surface area contributed by atoms with Crippen LogP contribution in [-0.4, -0.2) is 16.1 Å². The van der Waals surface area contributed by atoms with Gasteiger partial charge in [0.1, 0.15) is 0 Å². The Morgan fingerprint density at radius 2 is 1.90 bits per heavy atom. The second-order valence-corrected chi connectivity index (χ2v) is 5.02. The third-order valence-electron chi connectivity index (χ3n) is 3.82. The fraction of sp³-hybridized carbons (Fsp3) is 0.118. The third-order valence-corrected chi connectivity index (χ3v) is 3.82. The quantitative estimate of drug-likeness (QED) is 0.731. The summed E-state index contributed by atoms with van der Waals surface area (Å²) in [5.41, 5.74) is 5.89. The van der Waals surface area contributed by atoms with Crippen molar-refractivity contribution in [2.75, 3.05) is 0 Å². The molecular weight excluding hydrogens is 250 g/mol. The van der Waals surface area contributed by atoms with E-state index in [1.807, 2.05) is 18.3 Å². The Kier molecular flexibility index (Phi) is 2.83. The van der Waals surface area contributed by atoms with Crippen molar-refractivity contribution in [3.05, 3.63) is 59.3 Å². The van der Waals surface area contributed by atoms with Crippen molar-refractivity contribution in [2.24, 2.45) is 0 Å². The summed E-state index contributed by atoms with van der Waals surface area (Å²) in [4.78, 5) is 14.3. The van der Waals surface area contributed by atoms with Gasteiger partial charge in [0.15, 0.2) is 0 Å². The average Bonchev–Trinajstić information content (AvgIpc) is 2.84. The molecule has 2 aromatic carbocycles. The summed E-state index contributed by atoms with van der Waals surface area (Å²) in [5, 5.41) is 10.1. The van der Waals surface area contributed by atoms with Gasteiger partial charge in [-0.25, -0.2) is 4.79 Å². The van der Waals surface area contributed by atoms with Gasteiger partial charge in [-0.05, 0) is 48.7 Å². The van der Waals surface area contributed by atoms with E-state index in [1.54, 1.807) is 12.1 Å². The molecule has 0 atom stereocenters. The van der Waals surface area contributed by atoms with Crippen molar-refractivity contribution in [3.8, 4) is 11.1 Å². The van der Waals surface area contributed by atoms with Gasteiger partial charge in [-0.15, -0.1) is 0 Å². The van der Waals surface area contributed by atoms with E-state index in [0.29, 0.717) is 5.56 Å². The van der Waals surface area contributed by atoms with Gasteiger partial charge in [-0.2, -0.15) is 0 Å². The Balaban J connectivity index is 2.28. The largest absolute Gasteiger partial charge is 0.478 e. The fourth-order valence-electron chi connectivity index (χ4n) is 2.52. The monoisotopic (exact) mass is 265 g/mol. The predicted molar refractivity (Wildman–Crippen MR) is 80.2 cm³/mol. The van der Waals surface area contributed by atoms with Gasteiger partial charge in [0.05, 0.1) is 5.56 Å². The summed E-state index contributed by atoms with van der Waals surface area (Å²) in [6, 6.07) is 11.3. The van der Waals surface area contributed by atoms with Gasteiger partial charge in [0.25, 0.3) is 0 Å². The Bertz CT molecular complexity index is 815. The Hall–Kier alpha value is -2.55. The molecular formula is C17H15NO2. The smallest absolute Gasteiger partial charge is 0.335 e. The highest BCUT2D eigenvalue weighted by Gasteiger charge is 2.11. The van der Waals surface area contributed by atoms with E-state index in [4.69, 9.17) is 5.11 Å². The summed E-state index contributed by atoms with van der Waals surface area (Å²) in [6.45, 7) is 4.17. The number of carboxylic acids is 1. The number of H-pyrrole nitrogens is 1. The molecule has 2 N–H and O–H groups in total. The van der Waals surface area contributed by atoms with Crippen LogP contribution >= 0.6 is 0 Å². The highest BCUT2D eigenvalue weighted by atomic mass is 16.4. The van der Waals surface area contributed by atoms with Crippen LogP contribution in [0.15, 0.2) is 42.6 Å². The maximum Gasteiger partial charge on any atom is 0.335 e. The van der Waals surface area contributed by atoms with Crippen molar-refractivity contribution in [2.45, 2.75) is 13.8 Å². The number of hydrogen-bond donors (Lipinski definition) is 2. The maximum atomic E-state index is 11.1. The molecule has 100 valence electrons. The van der Waals surface area contributed by atoms with Crippen molar-refractivity contribution in [3.63, 3.8) is 0 Å². The van der Waals surface area contributed by atoms with Gasteiger partial charge in [-0.3, -0.25) is 0 Å². The lowest BCUT2D eigenvalue weighted by Gasteiger charge is -2.07. The van der Waals surface area contributed by atoms with Crippen LogP contribution in [0.3, 0.4) is 0 Å². The van der Waals surface area contributed by atoms with Crippen LogP contribution in [0.1, 0.15) is 21.5 Å². The molecule has 0 saturated carbocycles. The minimum atomic E-state index is -0.903. The Labute approximate surface area is 116 Å². The molecule has 20 heavy (non-hydrogen) atoms. The second-order valence-electron chi connectivity index (χ2n) is 5.02. The number of aromatic carboxylic acids is 1. The van der Waals surface area contributed by atoms with E-state index in [9.17, 15) is 4.79 Å². The zero-order valence-corrected chi connectivity index (χ0v) is 11.4. The van der Waals surface area contributed by atoms with Crippen LogP contribution in [0.5, 0.6) is 0 Å². The number of aromatic amines is 1. The van der Waals surface area contributed by atoms with Crippen LogP contribution in [-0.2, 0) is 0 Å². The summed E-state index contributed by atoms with van der Waals surface area (Å²) in [7, 11) is 0. The van der Waals surface area contributed by atoms with Gasteiger partial charge < -0.3 is 10.1 Å². The zero-order valence-electron chi connectivity index (χ0n) is 11.4. The molecule has 0 spiro atoms. The number of carbonyl (C=O) groups is 1. The predicted octanol–water partition coefficient (Wildman–Crippen LogP) is 4.15. The van der Waals surface area contributed by atoms with E-state index in [0.717, 1.165) is 22.0 Å². The van der Waals surface area contributed by atoms with Gasteiger partial charge in [-0.1, -0.05) is 18.2 Å². The normalized spacial score (nSPS) is 10.9. The molecule has 0 aliphatic carbocycles. The summed E-state index contributed by atoms with van der Waals surface area (Å²) < 4.78 is 0. The average molecular weight is 265 g/mol. The summed E-state index contributed by atoms with van der Waals surface area (Å²) in [5.74, 6) is -0.903. The van der Waals surface area contributed by atoms with Crippen LogP contribution in [0.4, 0.5) is 0 Å². The molecule has 1 heterocycles. The topological polar surface area (TPSA) is 53.1 Å². The maximum absolute atomic E-state index is 11.1. The van der Waals surface area contributed by atoms with E-state index in [1.165, 1.54) is 11.1 Å². The zero-order chi connectivity index (χ0) is 14.3. The number of aromatic nitrogens is 1. The molecule has 0 unspecified atom stereocenters. The first-order valence-electron chi connectivity index (χ1n) is 6.49.